The van der Waals surface area contributed by atoms with E-state index in [-0.39, 0.29) is 6.61 Å². The van der Waals surface area contributed by atoms with Gasteiger partial charge in [-0.05, 0) is 6.92 Å². The maximum atomic E-state index is 11.4. The van der Waals surface area contributed by atoms with Crippen molar-refractivity contribution in [3.63, 3.8) is 0 Å². The lowest BCUT2D eigenvalue weighted by Crippen LogP contribution is -2.39. The zero-order valence-electron chi connectivity index (χ0n) is 8.75. The van der Waals surface area contributed by atoms with Crippen molar-refractivity contribution in [2.24, 2.45) is 0 Å². The normalized spacial score (nSPS) is 29.9. The number of rotatable bonds is 2. The van der Waals surface area contributed by atoms with Crippen LogP contribution in [0.4, 0.5) is 0 Å². The fraction of sp³-hybridized carbons (Fsp3) is 0.778. The van der Waals surface area contributed by atoms with Crippen LogP contribution in [0, 0.1) is 0 Å². The molecule has 14 heavy (non-hydrogen) atoms. The lowest BCUT2D eigenvalue weighted by Gasteiger charge is -2.21. The van der Waals surface area contributed by atoms with E-state index < -0.39 is 23.3 Å². The van der Waals surface area contributed by atoms with E-state index in [9.17, 15) is 9.59 Å². The van der Waals surface area contributed by atoms with E-state index in [4.69, 9.17) is 14.2 Å². The van der Waals surface area contributed by atoms with Gasteiger partial charge >= 0.3 is 11.9 Å². The van der Waals surface area contributed by atoms with E-state index in [1.54, 1.807) is 13.8 Å². The molecule has 5 nitrogen and oxygen atoms in total. The van der Waals surface area contributed by atoms with Crippen molar-refractivity contribution in [1.82, 2.24) is 0 Å². The summed E-state index contributed by atoms with van der Waals surface area (Å²) in [6.45, 7) is 5.94. The molecule has 80 valence electrons. The van der Waals surface area contributed by atoms with Crippen LogP contribution in [0.5, 0.6) is 0 Å². The predicted octanol–water partition coefficient (Wildman–Crippen LogP) is 0.618. The number of esters is 2. The van der Waals surface area contributed by atoms with Crippen molar-refractivity contribution in [3.8, 4) is 0 Å². The van der Waals surface area contributed by atoms with Gasteiger partial charge in [-0.15, -0.1) is 0 Å². The van der Waals surface area contributed by atoms with Gasteiger partial charge < -0.3 is 14.2 Å². The first-order valence-corrected chi connectivity index (χ1v) is 4.32. The molecule has 1 aliphatic heterocycles. The average molecular weight is 202 g/mol. The molecule has 1 atom stereocenters. The first-order valence-electron chi connectivity index (χ1n) is 4.32. The maximum absolute atomic E-state index is 11.4. The highest BCUT2D eigenvalue weighted by molar-refractivity contribution is 5.81. The van der Waals surface area contributed by atoms with Crippen LogP contribution in [0.2, 0.25) is 0 Å². The third-order valence-electron chi connectivity index (χ3n) is 1.79. The van der Waals surface area contributed by atoms with Crippen LogP contribution < -0.4 is 0 Å². The molecular weight excluding hydrogens is 188 g/mol. The summed E-state index contributed by atoms with van der Waals surface area (Å²) in [6.07, 6.45) is 0. The molecule has 5 heteroatoms. The lowest BCUT2D eigenvalue weighted by molar-refractivity contribution is -0.175. The smallest absolute Gasteiger partial charge is 0.344 e. The highest BCUT2D eigenvalue weighted by atomic mass is 16.8. The van der Waals surface area contributed by atoms with E-state index in [0.29, 0.717) is 0 Å². The molecule has 0 bridgehead atoms. The zero-order chi connectivity index (χ0) is 11.0. The topological polar surface area (TPSA) is 61.8 Å². The second-order valence-electron chi connectivity index (χ2n) is 3.90. The van der Waals surface area contributed by atoms with Gasteiger partial charge in [0.2, 0.25) is 11.4 Å². The highest BCUT2D eigenvalue weighted by Crippen LogP contribution is 2.31. The number of hydrogen-bond donors (Lipinski definition) is 0. The van der Waals surface area contributed by atoms with Gasteiger partial charge in [0.25, 0.3) is 0 Å². The second kappa shape index (κ2) is 3.24. The van der Waals surface area contributed by atoms with Crippen molar-refractivity contribution >= 4 is 11.9 Å². The Morgan fingerprint density at radius 2 is 2.00 bits per heavy atom. The van der Waals surface area contributed by atoms with Crippen LogP contribution in [-0.2, 0) is 23.8 Å². The molecule has 0 amide bonds. The minimum absolute atomic E-state index is 0.120. The Labute approximate surface area is 82.3 Å². The van der Waals surface area contributed by atoms with E-state index in [1.165, 1.54) is 13.8 Å². The van der Waals surface area contributed by atoms with Gasteiger partial charge in [0.05, 0.1) is 0 Å². The summed E-state index contributed by atoms with van der Waals surface area (Å²) in [5, 5.41) is 0. The van der Waals surface area contributed by atoms with E-state index in [1.807, 2.05) is 0 Å². The minimum Gasteiger partial charge on any atom is -0.462 e. The summed E-state index contributed by atoms with van der Waals surface area (Å²) in [6, 6.07) is 0. The first kappa shape index (κ1) is 11.0. The molecule has 0 saturated carbocycles. The largest absolute Gasteiger partial charge is 0.462 e. The Bertz CT molecular complexity index is 270. The van der Waals surface area contributed by atoms with Crippen LogP contribution in [0.25, 0.3) is 0 Å². The molecule has 1 rings (SSSR count). The molecule has 1 aliphatic rings. The monoisotopic (exact) mass is 202 g/mol. The summed E-state index contributed by atoms with van der Waals surface area (Å²) in [7, 11) is 0. The molecule has 0 unspecified atom stereocenters. The molecule has 0 aromatic rings. The van der Waals surface area contributed by atoms with Crippen molar-refractivity contribution in [3.05, 3.63) is 0 Å². The molecule has 1 heterocycles. The van der Waals surface area contributed by atoms with E-state index >= 15 is 0 Å². The fourth-order valence-corrected chi connectivity index (χ4v) is 1.26. The number of ether oxygens (including phenoxy) is 3. The van der Waals surface area contributed by atoms with E-state index in [0.717, 1.165) is 0 Å². The number of cyclic esters (lactones) is 1. The van der Waals surface area contributed by atoms with E-state index in [2.05, 4.69) is 0 Å². The Morgan fingerprint density at radius 1 is 1.43 bits per heavy atom. The SMILES string of the molecule is CC(=O)OC[C@@]1(C)OC(C)(C)OC1=O. The Balaban J connectivity index is 2.66. The Hall–Kier alpha value is -1.10. The summed E-state index contributed by atoms with van der Waals surface area (Å²) < 4.78 is 15.0. The highest BCUT2D eigenvalue weighted by Gasteiger charge is 2.51. The maximum Gasteiger partial charge on any atom is 0.344 e. The predicted molar refractivity (Wildman–Crippen MR) is 46.3 cm³/mol. The third-order valence-corrected chi connectivity index (χ3v) is 1.79. The van der Waals surface area contributed by atoms with Gasteiger partial charge in [-0.2, -0.15) is 0 Å². The molecule has 0 N–H and O–H groups in total. The Kier molecular flexibility index (Phi) is 2.54. The van der Waals surface area contributed by atoms with Crippen LogP contribution in [0.1, 0.15) is 27.7 Å². The van der Waals surface area contributed by atoms with Gasteiger partial charge in [-0.3, -0.25) is 4.79 Å². The summed E-state index contributed by atoms with van der Waals surface area (Å²) >= 11 is 0. The molecule has 0 spiro atoms. The number of carbonyl (C=O) groups is 2. The first-order chi connectivity index (χ1) is 6.25. The van der Waals surface area contributed by atoms with Crippen molar-refractivity contribution < 1.29 is 23.8 Å². The van der Waals surface area contributed by atoms with Crippen LogP contribution in [0.15, 0.2) is 0 Å². The van der Waals surface area contributed by atoms with Crippen LogP contribution in [0.3, 0.4) is 0 Å². The molecule has 1 saturated heterocycles. The molecular formula is C9H14O5. The third kappa shape index (κ3) is 2.23. The van der Waals surface area contributed by atoms with Crippen molar-refractivity contribution in [1.29, 1.82) is 0 Å². The quantitative estimate of drug-likeness (QED) is 0.614. The minimum atomic E-state index is -1.19. The number of carbonyl (C=O) groups excluding carboxylic acids is 2. The molecule has 0 aliphatic carbocycles. The van der Waals surface area contributed by atoms with Gasteiger partial charge in [-0.25, -0.2) is 4.79 Å². The van der Waals surface area contributed by atoms with Gasteiger partial charge in [0.1, 0.15) is 6.61 Å². The van der Waals surface area contributed by atoms with Gasteiger partial charge in [-0.1, -0.05) is 0 Å². The molecule has 1 fully saturated rings. The average Bonchev–Trinajstić information content (AvgIpc) is 2.18. The summed E-state index contributed by atoms with van der Waals surface area (Å²) in [4.78, 5) is 22.0. The lowest BCUT2D eigenvalue weighted by atomic mass is 10.1. The zero-order valence-corrected chi connectivity index (χ0v) is 8.75. The standard InChI is InChI=1S/C9H14O5/c1-6(10)12-5-9(4)7(11)13-8(2,3)14-9/h5H2,1-4H3/t9-/m1/s1. The molecule has 0 aromatic heterocycles. The van der Waals surface area contributed by atoms with Gasteiger partial charge in [0, 0.05) is 20.8 Å². The Morgan fingerprint density at radius 3 is 2.36 bits per heavy atom. The van der Waals surface area contributed by atoms with Crippen molar-refractivity contribution in [2.75, 3.05) is 6.61 Å². The number of hydrogen-bond acceptors (Lipinski definition) is 5. The summed E-state index contributed by atoms with van der Waals surface area (Å²) in [5.74, 6) is -1.91. The summed E-state index contributed by atoms with van der Waals surface area (Å²) in [5.41, 5.74) is -1.19. The second-order valence-corrected chi connectivity index (χ2v) is 3.90. The van der Waals surface area contributed by atoms with Crippen LogP contribution in [-0.4, -0.2) is 29.9 Å². The van der Waals surface area contributed by atoms with Crippen molar-refractivity contribution in [2.45, 2.75) is 39.1 Å². The van der Waals surface area contributed by atoms with Crippen LogP contribution >= 0.6 is 0 Å². The molecule has 0 aromatic carbocycles. The molecule has 0 radical (unpaired) electrons. The van der Waals surface area contributed by atoms with Gasteiger partial charge in [0.15, 0.2) is 0 Å². The fourth-order valence-electron chi connectivity index (χ4n) is 1.26.